The molecule has 2 aliphatic rings. The Morgan fingerprint density at radius 1 is 1.13 bits per heavy atom. The van der Waals surface area contributed by atoms with Gasteiger partial charge in [0.15, 0.2) is 0 Å². The number of carbonyl (C=O) groups is 3. The molecule has 1 heterocycles. The molecule has 1 saturated carbocycles. The smallest absolute Gasteiger partial charge is 0.325 e. The predicted molar refractivity (Wildman–Crippen MR) is 87.8 cm³/mol. The van der Waals surface area contributed by atoms with E-state index < -0.39 is 11.6 Å². The SMILES string of the molecule is CCC1(CC)NC(=O)N(CC(=O)NC2CCCCCCC2)C1=O. The number of hydrogen-bond donors (Lipinski definition) is 2. The first-order valence-electron chi connectivity index (χ1n) is 8.96. The first-order chi connectivity index (χ1) is 11.0. The molecule has 0 aromatic carbocycles. The zero-order chi connectivity index (χ0) is 16.9. The van der Waals surface area contributed by atoms with Crippen LogP contribution in [0, 0.1) is 0 Å². The summed E-state index contributed by atoms with van der Waals surface area (Å²) in [4.78, 5) is 37.9. The number of rotatable bonds is 5. The highest BCUT2D eigenvalue weighted by Crippen LogP contribution is 2.24. The molecule has 0 radical (unpaired) electrons. The fraction of sp³-hybridized carbons (Fsp3) is 0.824. The number of hydrogen-bond acceptors (Lipinski definition) is 3. The van der Waals surface area contributed by atoms with E-state index in [1.807, 2.05) is 13.8 Å². The Hall–Kier alpha value is -1.59. The molecule has 4 amide bonds. The van der Waals surface area contributed by atoms with Crippen molar-refractivity contribution in [2.75, 3.05) is 6.54 Å². The van der Waals surface area contributed by atoms with Gasteiger partial charge in [0.25, 0.3) is 5.91 Å². The van der Waals surface area contributed by atoms with E-state index in [1.54, 1.807) is 0 Å². The van der Waals surface area contributed by atoms with Gasteiger partial charge in [0.2, 0.25) is 5.91 Å². The molecule has 0 bridgehead atoms. The lowest BCUT2D eigenvalue weighted by Gasteiger charge is -2.24. The molecule has 0 unspecified atom stereocenters. The molecule has 6 nitrogen and oxygen atoms in total. The van der Waals surface area contributed by atoms with E-state index in [9.17, 15) is 14.4 Å². The molecular formula is C17H29N3O3. The third kappa shape index (κ3) is 4.03. The number of nitrogens with zero attached hydrogens (tertiary/aromatic N) is 1. The van der Waals surface area contributed by atoms with Crippen molar-refractivity contribution in [3.63, 3.8) is 0 Å². The van der Waals surface area contributed by atoms with Crippen LogP contribution in [0.25, 0.3) is 0 Å². The van der Waals surface area contributed by atoms with E-state index in [4.69, 9.17) is 0 Å². The molecule has 23 heavy (non-hydrogen) atoms. The van der Waals surface area contributed by atoms with Crippen molar-refractivity contribution in [2.24, 2.45) is 0 Å². The van der Waals surface area contributed by atoms with Gasteiger partial charge < -0.3 is 10.6 Å². The van der Waals surface area contributed by atoms with Gasteiger partial charge in [-0.2, -0.15) is 0 Å². The molecule has 1 aliphatic heterocycles. The van der Waals surface area contributed by atoms with E-state index in [0.717, 1.165) is 30.6 Å². The molecule has 0 atom stereocenters. The average molecular weight is 323 g/mol. The van der Waals surface area contributed by atoms with Crippen LogP contribution in [0.15, 0.2) is 0 Å². The number of imide groups is 1. The minimum atomic E-state index is -0.836. The number of nitrogens with one attached hydrogen (secondary N) is 2. The van der Waals surface area contributed by atoms with E-state index in [0.29, 0.717) is 12.8 Å². The van der Waals surface area contributed by atoms with Crippen LogP contribution in [0.1, 0.15) is 71.6 Å². The Bertz CT molecular complexity index is 452. The summed E-state index contributed by atoms with van der Waals surface area (Å²) in [6.07, 6.45) is 9.01. The Morgan fingerprint density at radius 2 is 1.70 bits per heavy atom. The van der Waals surface area contributed by atoms with E-state index in [2.05, 4.69) is 10.6 Å². The second-order valence-corrected chi connectivity index (χ2v) is 6.72. The molecule has 2 N–H and O–H groups in total. The first-order valence-corrected chi connectivity index (χ1v) is 8.96. The predicted octanol–water partition coefficient (Wildman–Crippen LogP) is 2.33. The highest BCUT2D eigenvalue weighted by atomic mass is 16.2. The lowest BCUT2D eigenvalue weighted by molar-refractivity contribution is -0.135. The summed E-state index contributed by atoms with van der Waals surface area (Å²) in [7, 11) is 0. The second-order valence-electron chi connectivity index (χ2n) is 6.72. The molecule has 0 aromatic rings. The molecule has 0 spiro atoms. The van der Waals surface area contributed by atoms with Gasteiger partial charge in [-0.05, 0) is 25.7 Å². The monoisotopic (exact) mass is 323 g/mol. The molecule has 2 rings (SSSR count). The van der Waals surface area contributed by atoms with Crippen molar-refractivity contribution in [2.45, 2.75) is 83.2 Å². The molecule has 130 valence electrons. The largest absolute Gasteiger partial charge is 0.352 e. The summed E-state index contributed by atoms with van der Waals surface area (Å²) in [6.45, 7) is 3.57. The maximum absolute atomic E-state index is 12.5. The molecular weight excluding hydrogens is 294 g/mol. The third-order valence-electron chi connectivity index (χ3n) is 5.23. The topological polar surface area (TPSA) is 78.5 Å². The van der Waals surface area contributed by atoms with Gasteiger partial charge in [-0.1, -0.05) is 46.0 Å². The van der Waals surface area contributed by atoms with Gasteiger partial charge in [-0.15, -0.1) is 0 Å². The van der Waals surface area contributed by atoms with Gasteiger partial charge in [0.05, 0.1) is 0 Å². The fourth-order valence-corrected chi connectivity index (χ4v) is 3.57. The summed E-state index contributed by atoms with van der Waals surface area (Å²) in [5.41, 5.74) is -0.836. The van der Waals surface area contributed by atoms with Crippen LogP contribution in [0.2, 0.25) is 0 Å². The highest BCUT2D eigenvalue weighted by Gasteiger charge is 2.49. The Labute approximate surface area is 138 Å². The lowest BCUT2D eigenvalue weighted by atomic mass is 9.93. The van der Waals surface area contributed by atoms with Gasteiger partial charge in [0, 0.05) is 6.04 Å². The van der Waals surface area contributed by atoms with Crippen LogP contribution < -0.4 is 10.6 Å². The van der Waals surface area contributed by atoms with Crippen molar-refractivity contribution in [3.8, 4) is 0 Å². The number of amides is 4. The van der Waals surface area contributed by atoms with E-state index in [1.165, 1.54) is 19.3 Å². The lowest BCUT2D eigenvalue weighted by Crippen LogP contribution is -2.47. The summed E-state index contributed by atoms with van der Waals surface area (Å²) in [5, 5.41) is 5.76. The molecule has 0 aromatic heterocycles. The van der Waals surface area contributed by atoms with Crippen LogP contribution in [0.5, 0.6) is 0 Å². The minimum absolute atomic E-state index is 0.172. The van der Waals surface area contributed by atoms with Crippen molar-refractivity contribution < 1.29 is 14.4 Å². The normalized spacial score (nSPS) is 22.4. The fourth-order valence-electron chi connectivity index (χ4n) is 3.57. The summed E-state index contributed by atoms with van der Waals surface area (Å²) in [5.74, 6) is -0.512. The Kier molecular flexibility index (Phi) is 6.02. The van der Waals surface area contributed by atoms with Crippen molar-refractivity contribution >= 4 is 17.8 Å². The maximum Gasteiger partial charge on any atom is 0.325 e. The standard InChI is InChI=1S/C17H29N3O3/c1-3-17(4-2)15(22)20(16(23)19-17)12-14(21)18-13-10-8-6-5-7-9-11-13/h13H,3-12H2,1-2H3,(H,18,21)(H,19,23). The van der Waals surface area contributed by atoms with Crippen LogP contribution in [-0.4, -0.2) is 40.9 Å². The second kappa shape index (κ2) is 7.79. The van der Waals surface area contributed by atoms with Crippen molar-refractivity contribution in [1.29, 1.82) is 0 Å². The van der Waals surface area contributed by atoms with Crippen LogP contribution in [-0.2, 0) is 9.59 Å². The summed E-state index contributed by atoms with van der Waals surface area (Å²) in [6, 6.07) is -0.280. The van der Waals surface area contributed by atoms with Gasteiger partial charge in [-0.25, -0.2) is 4.79 Å². The molecule has 2 fully saturated rings. The van der Waals surface area contributed by atoms with Crippen molar-refractivity contribution in [1.82, 2.24) is 15.5 Å². The van der Waals surface area contributed by atoms with E-state index >= 15 is 0 Å². The average Bonchev–Trinajstić information content (AvgIpc) is 2.74. The van der Waals surface area contributed by atoms with Crippen LogP contribution in [0.3, 0.4) is 0 Å². The maximum atomic E-state index is 12.5. The zero-order valence-electron chi connectivity index (χ0n) is 14.3. The number of urea groups is 1. The minimum Gasteiger partial charge on any atom is -0.352 e. The van der Waals surface area contributed by atoms with Crippen LogP contribution >= 0.6 is 0 Å². The van der Waals surface area contributed by atoms with Crippen LogP contribution in [0.4, 0.5) is 4.79 Å². The third-order valence-corrected chi connectivity index (χ3v) is 5.23. The Morgan fingerprint density at radius 3 is 2.22 bits per heavy atom. The van der Waals surface area contributed by atoms with Crippen molar-refractivity contribution in [3.05, 3.63) is 0 Å². The summed E-state index contributed by atoms with van der Waals surface area (Å²) >= 11 is 0. The number of carbonyl (C=O) groups excluding carboxylic acids is 3. The van der Waals surface area contributed by atoms with Gasteiger partial charge >= 0.3 is 6.03 Å². The quantitative estimate of drug-likeness (QED) is 0.762. The zero-order valence-corrected chi connectivity index (χ0v) is 14.3. The molecule has 6 heteroatoms. The summed E-state index contributed by atoms with van der Waals surface area (Å²) < 4.78 is 0. The Balaban J connectivity index is 1.91. The highest BCUT2D eigenvalue weighted by molar-refractivity contribution is 6.08. The molecule has 1 saturated heterocycles. The van der Waals surface area contributed by atoms with E-state index in [-0.39, 0.29) is 24.4 Å². The van der Waals surface area contributed by atoms with Gasteiger partial charge in [0.1, 0.15) is 12.1 Å². The molecule has 1 aliphatic carbocycles. The first kappa shape index (κ1) is 17.8. The van der Waals surface area contributed by atoms with Gasteiger partial charge in [-0.3, -0.25) is 14.5 Å².